The molecule has 0 saturated heterocycles. The molecule has 0 fully saturated rings. The van der Waals surface area contributed by atoms with Gasteiger partial charge >= 0.3 is 0 Å². The van der Waals surface area contributed by atoms with Gasteiger partial charge in [-0.1, -0.05) is 60.3 Å². The van der Waals surface area contributed by atoms with Crippen LogP contribution < -0.4 is 10.1 Å². The van der Waals surface area contributed by atoms with Gasteiger partial charge in [-0.05, 0) is 26.0 Å². The normalized spacial score (nSPS) is 10.8. The Balaban J connectivity index is 1.35. The summed E-state index contributed by atoms with van der Waals surface area (Å²) in [6.45, 7) is 5.03. The van der Waals surface area contributed by atoms with Crippen LogP contribution in [0.25, 0.3) is 11.3 Å². The number of nitrogens with one attached hydrogen (secondary N) is 1. The molecule has 0 saturated carbocycles. The van der Waals surface area contributed by atoms with Crippen molar-refractivity contribution in [2.24, 2.45) is 0 Å². The standard InChI is InChI=1S/C23H23N5O2S2/c1-3-28-19(14-30-18-12-8-5-9-13-18)26-27-23(28)31-15-20(29)24-22-25-21(16(2)32-22)17-10-6-4-7-11-17/h4-13H,3,14-15H2,1-2H3,(H,24,25,29). The number of hydrogen-bond acceptors (Lipinski definition) is 7. The van der Waals surface area contributed by atoms with Crippen LogP contribution in [0.5, 0.6) is 5.75 Å². The summed E-state index contributed by atoms with van der Waals surface area (Å²) in [4.78, 5) is 18.2. The van der Waals surface area contributed by atoms with Gasteiger partial charge in [0.05, 0.1) is 11.4 Å². The van der Waals surface area contributed by atoms with Crippen molar-refractivity contribution in [3.63, 3.8) is 0 Å². The SMILES string of the molecule is CCn1c(COc2ccccc2)nnc1SCC(=O)Nc1nc(-c2ccccc2)c(C)s1. The molecule has 164 valence electrons. The molecule has 9 heteroatoms. The van der Waals surface area contributed by atoms with Gasteiger partial charge in [-0.25, -0.2) is 4.98 Å². The minimum atomic E-state index is -0.129. The molecule has 1 N–H and O–H groups in total. The largest absolute Gasteiger partial charge is 0.486 e. The van der Waals surface area contributed by atoms with Crippen molar-refractivity contribution in [1.29, 1.82) is 0 Å². The molecule has 1 amide bonds. The van der Waals surface area contributed by atoms with E-state index < -0.39 is 0 Å². The van der Waals surface area contributed by atoms with Crippen LogP contribution in [0.1, 0.15) is 17.6 Å². The summed E-state index contributed by atoms with van der Waals surface area (Å²) < 4.78 is 7.74. The number of para-hydroxylation sites is 1. The number of hydrogen-bond donors (Lipinski definition) is 1. The zero-order valence-electron chi connectivity index (χ0n) is 17.8. The lowest BCUT2D eigenvalue weighted by Crippen LogP contribution is -2.14. The smallest absolute Gasteiger partial charge is 0.236 e. The molecule has 0 atom stereocenters. The summed E-state index contributed by atoms with van der Waals surface area (Å²) in [5.41, 5.74) is 1.93. The average Bonchev–Trinajstić information content (AvgIpc) is 3.39. The monoisotopic (exact) mass is 465 g/mol. The first kappa shape index (κ1) is 22.0. The second-order valence-corrected chi connectivity index (χ2v) is 9.02. The summed E-state index contributed by atoms with van der Waals surface area (Å²) in [5, 5.41) is 12.7. The molecule has 2 heterocycles. The summed E-state index contributed by atoms with van der Waals surface area (Å²) in [7, 11) is 0. The van der Waals surface area contributed by atoms with Crippen LogP contribution in [0, 0.1) is 6.92 Å². The molecule has 2 aromatic carbocycles. The van der Waals surface area contributed by atoms with Crippen LogP contribution in [-0.2, 0) is 17.9 Å². The number of thiazole rings is 1. The molecule has 0 spiro atoms. The Hall–Kier alpha value is -3.17. The lowest BCUT2D eigenvalue weighted by molar-refractivity contribution is -0.113. The van der Waals surface area contributed by atoms with Gasteiger partial charge in [0, 0.05) is 17.0 Å². The van der Waals surface area contributed by atoms with Crippen LogP contribution >= 0.6 is 23.1 Å². The van der Waals surface area contributed by atoms with Gasteiger partial charge in [0.2, 0.25) is 5.91 Å². The Morgan fingerprint density at radius 3 is 2.53 bits per heavy atom. The van der Waals surface area contributed by atoms with E-state index >= 15 is 0 Å². The molecular weight excluding hydrogens is 442 g/mol. The summed E-state index contributed by atoms with van der Waals surface area (Å²) >= 11 is 2.82. The number of aromatic nitrogens is 4. The fraction of sp³-hybridized carbons (Fsp3) is 0.217. The lowest BCUT2D eigenvalue weighted by Gasteiger charge is -2.08. The minimum absolute atomic E-state index is 0.129. The summed E-state index contributed by atoms with van der Waals surface area (Å²) in [6, 6.07) is 19.5. The molecule has 0 aliphatic carbocycles. The van der Waals surface area contributed by atoms with Crippen molar-refractivity contribution in [2.75, 3.05) is 11.1 Å². The Morgan fingerprint density at radius 2 is 1.81 bits per heavy atom. The molecule has 0 aliphatic rings. The number of carbonyl (C=O) groups is 1. The minimum Gasteiger partial charge on any atom is -0.486 e. The average molecular weight is 466 g/mol. The topological polar surface area (TPSA) is 81.9 Å². The number of aryl methyl sites for hydroxylation is 1. The zero-order valence-corrected chi connectivity index (χ0v) is 19.4. The highest BCUT2D eigenvalue weighted by Gasteiger charge is 2.16. The van der Waals surface area contributed by atoms with Gasteiger partial charge < -0.3 is 14.6 Å². The Bertz CT molecular complexity index is 1180. The lowest BCUT2D eigenvalue weighted by atomic mass is 10.1. The first-order chi connectivity index (χ1) is 15.6. The molecular formula is C23H23N5O2S2. The molecule has 2 aromatic heterocycles. The van der Waals surface area contributed by atoms with Crippen LogP contribution in [0.3, 0.4) is 0 Å². The Morgan fingerprint density at radius 1 is 1.09 bits per heavy atom. The predicted molar refractivity (Wildman–Crippen MR) is 128 cm³/mol. The molecule has 0 aliphatic heterocycles. The summed E-state index contributed by atoms with van der Waals surface area (Å²) in [6.07, 6.45) is 0. The number of anilines is 1. The van der Waals surface area contributed by atoms with Gasteiger partial charge in [0.15, 0.2) is 16.1 Å². The highest BCUT2D eigenvalue weighted by Crippen LogP contribution is 2.30. The third-order valence-electron chi connectivity index (χ3n) is 4.64. The molecule has 4 rings (SSSR count). The number of nitrogens with zero attached hydrogens (tertiary/aromatic N) is 4. The van der Waals surface area contributed by atoms with Crippen molar-refractivity contribution < 1.29 is 9.53 Å². The second-order valence-electron chi connectivity index (χ2n) is 6.87. The van der Waals surface area contributed by atoms with Crippen LogP contribution in [0.15, 0.2) is 65.8 Å². The Labute approximate surface area is 194 Å². The third kappa shape index (κ3) is 5.35. The maximum atomic E-state index is 12.5. The van der Waals surface area contributed by atoms with E-state index in [4.69, 9.17) is 4.74 Å². The van der Waals surface area contributed by atoms with Crippen LogP contribution in [-0.4, -0.2) is 31.4 Å². The molecule has 32 heavy (non-hydrogen) atoms. The predicted octanol–water partition coefficient (Wildman–Crippen LogP) is 5.04. The molecule has 4 aromatic rings. The van der Waals surface area contributed by atoms with E-state index in [0.29, 0.717) is 23.4 Å². The number of benzene rings is 2. The quantitative estimate of drug-likeness (QED) is 0.349. The number of amides is 1. The van der Waals surface area contributed by atoms with E-state index in [0.717, 1.165) is 27.7 Å². The van der Waals surface area contributed by atoms with E-state index in [-0.39, 0.29) is 11.7 Å². The molecule has 0 bridgehead atoms. The van der Waals surface area contributed by atoms with Gasteiger partial charge in [-0.3, -0.25) is 4.79 Å². The van der Waals surface area contributed by atoms with Crippen LogP contribution in [0.4, 0.5) is 5.13 Å². The van der Waals surface area contributed by atoms with Gasteiger partial charge in [0.1, 0.15) is 12.4 Å². The van der Waals surface area contributed by atoms with E-state index in [9.17, 15) is 4.79 Å². The van der Waals surface area contributed by atoms with E-state index in [1.807, 2.05) is 79.1 Å². The molecule has 0 radical (unpaired) electrons. The number of rotatable bonds is 9. The Kier molecular flexibility index (Phi) is 7.18. The van der Waals surface area contributed by atoms with Crippen molar-refractivity contribution >= 4 is 34.1 Å². The number of ether oxygens (including phenoxy) is 1. The van der Waals surface area contributed by atoms with Gasteiger partial charge in [-0.2, -0.15) is 0 Å². The van der Waals surface area contributed by atoms with Crippen molar-refractivity contribution in [3.8, 4) is 17.0 Å². The second kappa shape index (κ2) is 10.4. The first-order valence-corrected chi connectivity index (χ1v) is 12.0. The fourth-order valence-electron chi connectivity index (χ4n) is 3.11. The fourth-order valence-corrected chi connectivity index (χ4v) is 4.79. The van der Waals surface area contributed by atoms with Crippen LogP contribution in [0.2, 0.25) is 0 Å². The highest BCUT2D eigenvalue weighted by molar-refractivity contribution is 7.99. The molecule has 0 unspecified atom stereocenters. The van der Waals surface area contributed by atoms with E-state index in [1.165, 1.54) is 23.1 Å². The van der Waals surface area contributed by atoms with Crippen molar-refractivity contribution in [3.05, 3.63) is 71.4 Å². The van der Waals surface area contributed by atoms with Crippen molar-refractivity contribution in [2.45, 2.75) is 32.2 Å². The maximum absolute atomic E-state index is 12.5. The maximum Gasteiger partial charge on any atom is 0.236 e. The zero-order chi connectivity index (χ0) is 22.3. The van der Waals surface area contributed by atoms with E-state index in [1.54, 1.807) is 0 Å². The summed E-state index contributed by atoms with van der Waals surface area (Å²) in [5.74, 6) is 1.59. The van der Waals surface area contributed by atoms with Gasteiger partial charge in [-0.15, -0.1) is 21.5 Å². The highest BCUT2D eigenvalue weighted by atomic mass is 32.2. The number of thioether (sulfide) groups is 1. The first-order valence-electron chi connectivity index (χ1n) is 10.2. The third-order valence-corrected chi connectivity index (χ3v) is 6.50. The van der Waals surface area contributed by atoms with Gasteiger partial charge in [0.25, 0.3) is 0 Å². The molecule has 7 nitrogen and oxygen atoms in total. The van der Waals surface area contributed by atoms with Crippen molar-refractivity contribution in [1.82, 2.24) is 19.7 Å². The number of carbonyl (C=O) groups excluding carboxylic acids is 1. The van der Waals surface area contributed by atoms with E-state index in [2.05, 4.69) is 20.5 Å².